The lowest BCUT2D eigenvalue weighted by Gasteiger charge is -2.13. The molecule has 0 spiro atoms. The fourth-order valence-electron chi connectivity index (χ4n) is 1.60. The first-order chi connectivity index (χ1) is 7.41. The summed E-state index contributed by atoms with van der Waals surface area (Å²) >= 11 is 0. The van der Waals surface area contributed by atoms with Crippen molar-refractivity contribution in [3.8, 4) is 0 Å². The summed E-state index contributed by atoms with van der Waals surface area (Å²) in [6, 6.07) is 2.91. The van der Waals surface area contributed by atoms with Crippen LogP contribution in [0.5, 0.6) is 0 Å². The Morgan fingerprint density at radius 2 is 2.06 bits per heavy atom. The van der Waals surface area contributed by atoms with Crippen molar-refractivity contribution in [1.29, 1.82) is 0 Å². The van der Waals surface area contributed by atoms with Gasteiger partial charge in [-0.3, -0.25) is 0 Å². The molecule has 2 aromatic heterocycles. The van der Waals surface area contributed by atoms with Gasteiger partial charge in [-0.05, 0) is 19.1 Å². The zero-order chi connectivity index (χ0) is 11.9. The molecule has 2 rings (SSSR count). The van der Waals surface area contributed by atoms with Crippen LogP contribution in [0, 0.1) is 6.92 Å². The van der Waals surface area contributed by atoms with Crippen molar-refractivity contribution in [2.45, 2.75) is 19.1 Å². The van der Waals surface area contributed by atoms with Crippen molar-refractivity contribution in [3.05, 3.63) is 35.9 Å². The summed E-state index contributed by atoms with van der Waals surface area (Å²) in [5.74, 6) is 0.491. The number of halogens is 3. The summed E-state index contributed by atoms with van der Waals surface area (Å²) in [5, 5.41) is 0. The average molecular weight is 229 g/mol. The maximum absolute atomic E-state index is 12.5. The zero-order valence-corrected chi connectivity index (χ0v) is 8.49. The number of pyridine rings is 1. The first-order valence-corrected chi connectivity index (χ1v) is 4.67. The van der Waals surface area contributed by atoms with Gasteiger partial charge in [0.2, 0.25) is 0 Å². The monoisotopic (exact) mass is 229 g/mol. The Hall–Kier alpha value is -1.56. The third-order valence-corrected chi connectivity index (χ3v) is 2.40. The van der Waals surface area contributed by atoms with Gasteiger partial charge in [0.25, 0.3) is 0 Å². The van der Waals surface area contributed by atoms with Crippen LogP contribution < -0.4 is 5.73 Å². The molecule has 0 saturated carbocycles. The summed E-state index contributed by atoms with van der Waals surface area (Å²) in [5.41, 5.74) is 5.41. The van der Waals surface area contributed by atoms with Crippen molar-refractivity contribution < 1.29 is 13.2 Å². The van der Waals surface area contributed by atoms with Crippen LogP contribution in [0.1, 0.15) is 17.6 Å². The lowest BCUT2D eigenvalue weighted by atomic mass is 10.2. The van der Waals surface area contributed by atoms with Crippen LogP contribution in [0.2, 0.25) is 0 Å². The molecule has 0 aliphatic carbocycles. The molecule has 0 aromatic carbocycles. The van der Waals surface area contributed by atoms with Crippen LogP contribution in [-0.4, -0.2) is 15.6 Å². The fourth-order valence-corrected chi connectivity index (χ4v) is 1.60. The third kappa shape index (κ3) is 1.65. The fraction of sp³-hybridized carbons (Fsp3) is 0.300. The van der Waals surface area contributed by atoms with Crippen molar-refractivity contribution in [2.75, 3.05) is 0 Å². The first-order valence-electron chi connectivity index (χ1n) is 4.67. The molecule has 1 unspecified atom stereocenters. The van der Waals surface area contributed by atoms with E-state index in [2.05, 4.69) is 4.98 Å². The number of rotatable bonds is 1. The molecule has 86 valence electrons. The van der Waals surface area contributed by atoms with Crippen molar-refractivity contribution in [1.82, 2.24) is 9.38 Å². The highest BCUT2D eigenvalue weighted by atomic mass is 19.4. The van der Waals surface area contributed by atoms with Gasteiger partial charge < -0.3 is 10.1 Å². The maximum Gasteiger partial charge on any atom is 0.409 e. The van der Waals surface area contributed by atoms with Crippen LogP contribution in [0.4, 0.5) is 13.2 Å². The van der Waals surface area contributed by atoms with Gasteiger partial charge in [-0.2, -0.15) is 13.2 Å². The number of hydrogen-bond donors (Lipinski definition) is 1. The molecule has 2 heterocycles. The second-order valence-electron chi connectivity index (χ2n) is 3.52. The van der Waals surface area contributed by atoms with E-state index in [0.29, 0.717) is 11.3 Å². The minimum Gasteiger partial charge on any atom is -0.315 e. The van der Waals surface area contributed by atoms with E-state index >= 15 is 0 Å². The molecular weight excluding hydrogens is 219 g/mol. The molecule has 0 fully saturated rings. The summed E-state index contributed by atoms with van der Waals surface area (Å²) in [7, 11) is 0. The smallest absolute Gasteiger partial charge is 0.315 e. The summed E-state index contributed by atoms with van der Waals surface area (Å²) in [6.45, 7) is 1.64. The lowest BCUT2D eigenvalue weighted by Crippen LogP contribution is -2.28. The molecular formula is C10H10F3N3. The molecule has 0 aliphatic heterocycles. The number of nitrogens with two attached hydrogens (primary N) is 1. The zero-order valence-electron chi connectivity index (χ0n) is 8.49. The standard InChI is InChI=1S/C10H10F3N3/c1-6-15-8(9(14)10(11,12)13)7-4-2-3-5-16(6)7/h2-5,9H,14H2,1H3. The minimum atomic E-state index is -4.48. The Bertz CT molecular complexity index is 515. The SMILES string of the molecule is Cc1nc(C(N)C(F)(F)F)c2ccccn12. The minimum absolute atomic E-state index is 0.134. The molecule has 0 aliphatic rings. The van der Waals surface area contributed by atoms with Gasteiger partial charge in [0.05, 0.1) is 11.2 Å². The van der Waals surface area contributed by atoms with E-state index in [1.54, 1.807) is 35.7 Å². The van der Waals surface area contributed by atoms with E-state index in [1.807, 2.05) is 0 Å². The van der Waals surface area contributed by atoms with Crippen LogP contribution >= 0.6 is 0 Å². The molecule has 0 radical (unpaired) electrons. The predicted molar refractivity (Wildman–Crippen MR) is 52.9 cm³/mol. The van der Waals surface area contributed by atoms with Gasteiger partial charge >= 0.3 is 6.18 Å². The van der Waals surface area contributed by atoms with Gasteiger partial charge in [-0.1, -0.05) is 6.07 Å². The van der Waals surface area contributed by atoms with E-state index in [0.717, 1.165) is 0 Å². The molecule has 2 aromatic rings. The van der Waals surface area contributed by atoms with Gasteiger partial charge in [0.15, 0.2) is 0 Å². The number of fused-ring (bicyclic) bond motifs is 1. The molecule has 0 saturated heterocycles. The van der Waals surface area contributed by atoms with Crippen molar-refractivity contribution in [2.24, 2.45) is 5.73 Å². The third-order valence-electron chi connectivity index (χ3n) is 2.40. The molecule has 0 bridgehead atoms. The van der Waals surface area contributed by atoms with Crippen molar-refractivity contribution in [3.63, 3.8) is 0 Å². The van der Waals surface area contributed by atoms with Gasteiger partial charge in [0, 0.05) is 6.20 Å². The number of hydrogen-bond acceptors (Lipinski definition) is 2. The highest BCUT2D eigenvalue weighted by molar-refractivity contribution is 5.54. The van der Waals surface area contributed by atoms with E-state index in [9.17, 15) is 13.2 Å². The van der Waals surface area contributed by atoms with Crippen molar-refractivity contribution >= 4 is 5.52 Å². The van der Waals surface area contributed by atoms with Crippen LogP contribution in [0.25, 0.3) is 5.52 Å². The summed E-state index contributed by atoms with van der Waals surface area (Å²) in [4.78, 5) is 3.87. The van der Waals surface area contributed by atoms with Crippen LogP contribution in [0.3, 0.4) is 0 Å². The molecule has 16 heavy (non-hydrogen) atoms. The Kier molecular flexibility index (Phi) is 2.38. The molecule has 1 atom stereocenters. The molecule has 2 N–H and O–H groups in total. The lowest BCUT2D eigenvalue weighted by molar-refractivity contribution is -0.149. The Morgan fingerprint density at radius 1 is 1.38 bits per heavy atom. The Balaban J connectivity index is 2.62. The topological polar surface area (TPSA) is 43.3 Å². The number of alkyl halides is 3. The Labute approximate surface area is 89.7 Å². The summed E-state index contributed by atoms with van der Waals surface area (Å²) in [6.07, 6.45) is -2.82. The quantitative estimate of drug-likeness (QED) is 0.814. The molecule has 6 heteroatoms. The maximum atomic E-state index is 12.5. The normalized spacial score (nSPS) is 14.3. The predicted octanol–water partition coefficient (Wildman–Crippen LogP) is 2.20. The number of aryl methyl sites for hydroxylation is 1. The Morgan fingerprint density at radius 3 is 2.69 bits per heavy atom. The average Bonchev–Trinajstić information content (AvgIpc) is 2.55. The number of imidazole rings is 1. The molecule has 0 amide bonds. The molecule has 3 nitrogen and oxygen atoms in total. The largest absolute Gasteiger partial charge is 0.409 e. The van der Waals surface area contributed by atoms with E-state index in [1.165, 1.54) is 0 Å². The highest BCUT2D eigenvalue weighted by Crippen LogP contribution is 2.32. The van der Waals surface area contributed by atoms with E-state index < -0.39 is 12.2 Å². The first kappa shape index (κ1) is 10.9. The number of aromatic nitrogens is 2. The van der Waals surface area contributed by atoms with Gasteiger partial charge in [-0.25, -0.2) is 4.98 Å². The summed E-state index contributed by atoms with van der Waals surface area (Å²) < 4.78 is 39.1. The number of nitrogens with zero attached hydrogens (tertiary/aromatic N) is 2. The van der Waals surface area contributed by atoms with E-state index in [-0.39, 0.29) is 5.69 Å². The highest BCUT2D eigenvalue weighted by Gasteiger charge is 2.40. The van der Waals surface area contributed by atoms with Gasteiger partial charge in [0.1, 0.15) is 11.9 Å². The second-order valence-corrected chi connectivity index (χ2v) is 3.52. The second kappa shape index (κ2) is 3.48. The van der Waals surface area contributed by atoms with Crippen LogP contribution in [-0.2, 0) is 0 Å². The van der Waals surface area contributed by atoms with Crippen LogP contribution in [0.15, 0.2) is 24.4 Å². The van der Waals surface area contributed by atoms with E-state index in [4.69, 9.17) is 5.73 Å². The van der Waals surface area contributed by atoms with Gasteiger partial charge in [-0.15, -0.1) is 0 Å².